The van der Waals surface area contributed by atoms with E-state index in [-0.39, 0.29) is 11.9 Å². The van der Waals surface area contributed by atoms with Crippen LogP contribution >= 0.6 is 0 Å². The molecule has 0 aromatic carbocycles. The summed E-state index contributed by atoms with van der Waals surface area (Å²) >= 11 is 0. The zero-order valence-corrected chi connectivity index (χ0v) is 9.08. The van der Waals surface area contributed by atoms with Gasteiger partial charge in [-0.3, -0.25) is 4.79 Å². The van der Waals surface area contributed by atoms with Gasteiger partial charge in [-0.05, 0) is 12.8 Å². The number of hydrogen-bond donors (Lipinski definition) is 1. The number of carboxylic acids is 1. The highest BCUT2D eigenvalue weighted by Gasteiger charge is 2.63. The summed E-state index contributed by atoms with van der Waals surface area (Å²) < 4.78 is 5.19. The molecule has 1 saturated heterocycles. The maximum Gasteiger partial charge on any atom is 0.348 e. The van der Waals surface area contributed by atoms with E-state index in [1.54, 1.807) is 13.8 Å². The molecular weight excluding hydrogens is 196 g/mol. The Balaban J connectivity index is 2.31. The largest absolute Gasteiger partial charge is 0.478 e. The fourth-order valence-corrected chi connectivity index (χ4v) is 2.56. The highest BCUT2D eigenvalue weighted by molar-refractivity contribution is 5.89. The molecule has 2 rings (SSSR count). The number of carbonyl (C=O) groups excluding carboxylic acids is 1. The van der Waals surface area contributed by atoms with E-state index in [0.29, 0.717) is 6.42 Å². The second-order valence-corrected chi connectivity index (χ2v) is 5.05. The van der Waals surface area contributed by atoms with E-state index in [1.165, 1.54) is 0 Å². The lowest BCUT2D eigenvalue weighted by atomic mass is 9.64. The monoisotopic (exact) mass is 212 g/mol. The highest BCUT2D eigenvalue weighted by atomic mass is 16.6. The fraction of sp³-hybridized carbons (Fsp3) is 0.818. The van der Waals surface area contributed by atoms with Gasteiger partial charge in [0.05, 0.1) is 5.41 Å². The van der Waals surface area contributed by atoms with Gasteiger partial charge in [-0.1, -0.05) is 20.3 Å². The molecule has 0 aromatic heterocycles. The number of cyclic esters (lactones) is 1. The Morgan fingerprint density at radius 2 is 2.07 bits per heavy atom. The lowest BCUT2D eigenvalue weighted by Gasteiger charge is -2.35. The summed E-state index contributed by atoms with van der Waals surface area (Å²) in [5.41, 5.74) is -1.75. The van der Waals surface area contributed by atoms with Crippen LogP contribution in [-0.4, -0.2) is 22.6 Å². The van der Waals surface area contributed by atoms with Gasteiger partial charge in [0.25, 0.3) is 0 Å². The minimum atomic E-state index is -1.28. The molecule has 4 heteroatoms. The van der Waals surface area contributed by atoms with Crippen LogP contribution < -0.4 is 0 Å². The summed E-state index contributed by atoms with van der Waals surface area (Å²) in [6.45, 7) is 3.58. The van der Waals surface area contributed by atoms with Crippen LogP contribution in [0.25, 0.3) is 0 Å². The topological polar surface area (TPSA) is 63.6 Å². The summed E-state index contributed by atoms with van der Waals surface area (Å²) in [4.78, 5) is 23.0. The van der Waals surface area contributed by atoms with Crippen molar-refractivity contribution in [3.8, 4) is 0 Å². The Hall–Kier alpha value is -1.06. The Morgan fingerprint density at radius 3 is 2.27 bits per heavy atom. The number of rotatable bonds is 2. The Morgan fingerprint density at radius 1 is 1.47 bits per heavy atom. The van der Waals surface area contributed by atoms with Gasteiger partial charge >= 0.3 is 11.9 Å². The van der Waals surface area contributed by atoms with Crippen LogP contribution in [0.15, 0.2) is 0 Å². The van der Waals surface area contributed by atoms with Crippen molar-refractivity contribution in [2.45, 2.75) is 45.1 Å². The van der Waals surface area contributed by atoms with Gasteiger partial charge < -0.3 is 9.84 Å². The molecule has 1 N–H and O–H groups in total. The normalized spacial score (nSPS) is 32.9. The van der Waals surface area contributed by atoms with Crippen LogP contribution in [0.5, 0.6) is 0 Å². The van der Waals surface area contributed by atoms with Gasteiger partial charge in [-0.15, -0.1) is 0 Å². The maximum atomic E-state index is 11.7. The molecule has 15 heavy (non-hydrogen) atoms. The molecule has 84 valence electrons. The first-order valence-corrected chi connectivity index (χ1v) is 5.40. The number of carbonyl (C=O) groups is 2. The fourth-order valence-electron chi connectivity index (χ4n) is 2.56. The Labute approximate surface area is 88.6 Å². The first kappa shape index (κ1) is 10.5. The van der Waals surface area contributed by atoms with Crippen molar-refractivity contribution < 1.29 is 19.4 Å². The van der Waals surface area contributed by atoms with Crippen molar-refractivity contribution in [3.05, 3.63) is 0 Å². The molecule has 0 bridgehead atoms. The van der Waals surface area contributed by atoms with Gasteiger partial charge in [0, 0.05) is 12.3 Å². The summed E-state index contributed by atoms with van der Waals surface area (Å²) in [5.74, 6) is -1.49. The lowest BCUT2D eigenvalue weighted by Crippen LogP contribution is -2.44. The van der Waals surface area contributed by atoms with Crippen molar-refractivity contribution >= 4 is 11.9 Å². The predicted octanol–water partition coefficient (Wildman–Crippen LogP) is 1.58. The Kier molecular flexibility index (Phi) is 2.07. The smallest absolute Gasteiger partial charge is 0.348 e. The molecule has 1 heterocycles. The first-order valence-electron chi connectivity index (χ1n) is 5.40. The summed E-state index contributed by atoms with van der Waals surface area (Å²) in [6, 6.07) is 0. The van der Waals surface area contributed by atoms with Crippen LogP contribution in [0, 0.1) is 11.3 Å². The number of carboxylic acid groups (broad SMARTS) is 1. The predicted molar refractivity (Wildman–Crippen MR) is 52.2 cm³/mol. The molecule has 2 fully saturated rings. The van der Waals surface area contributed by atoms with Gasteiger partial charge in [0.1, 0.15) is 0 Å². The third-order valence-electron chi connectivity index (χ3n) is 3.91. The SMILES string of the molecule is CC(C)C1(C(=O)O)CC2(CCC2)C(=O)O1. The standard InChI is InChI=1S/C11H16O4/c1-7(2)11(8(12)13)6-10(4-3-5-10)9(14)15-11/h7H,3-6H2,1-2H3,(H,12,13). The molecule has 2 aliphatic rings. The van der Waals surface area contributed by atoms with E-state index < -0.39 is 17.0 Å². The molecule has 1 atom stereocenters. The minimum Gasteiger partial charge on any atom is -0.478 e. The van der Waals surface area contributed by atoms with Crippen LogP contribution in [0.2, 0.25) is 0 Å². The molecule has 1 aliphatic carbocycles. The highest BCUT2D eigenvalue weighted by Crippen LogP contribution is 2.55. The Bertz CT molecular complexity index is 317. The number of esters is 1. The number of hydrogen-bond acceptors (Lipinski definition) is 3. The van der Waals surface area contributed by atoms with Gasteiger partial charge in [-0.25, -0.2) is 4.79 Å². The maximum absolute atomic E-state index is 11.7. The van der Waals surface area contributed by atoms with Crippen molar-refractivity contribution in [2.75, 3.05) is 0 Å². The summed E-state index contributed by atoms with van der Waals surface area (Å²) in [7, 11) is 0. The molecule has 1 spiro atoms. The quantitative estimate of drug-likeness (QED) is 0.706. The van der Waals surface area contributed by atoms with E-state index in [2.05, 4.69) is 0 Å². The zero-order valence-electron chi connectivity index (χ0n) is 9.08. The van der Waals surface area contributed by atoms with Crippen LogP contribution in [0.4, 0.5) is 0 Å². The molecular formula is C11H16O4. The molecule has 1 saturated carbocycles. The van der Waals surface area contributed by atoms with E-state index in [4.69, 9.17) is 4.74 Å². The molecule has 4 nitrogen and oxygen atoms in total. The van der Waals surface area contributed by atoms with Gasteiger partial charge in [-0.2, -0.15) is 0 Å². The van der Waals surface area contributed by atoms with E-state index in [1.807, 2.05) is 0 Å². The third-order valence-corrected chi connectivity index (χ3v) is 3.91. The van der Waals surface area contributed by atoms with Crippen molar-refractivity contribution in [2.24, 2.45) is 11.3 Å². The van der Waals surface area contributed by atoms with E-state index in [9.17, 15) is 14.7 Å². The van der Waals surface area contributed by atoms with Crippen molar-refractivity contribution in [1.29, 1.82) is 0 Å². The van der Waals surface area contributed by atoms with Crippen molar-refractivity contribution in [1.82, 2.24) is 0 Å². The first-order chi connectivity index (χ1) is 6.93. The second kappa shape index (κ2) is 2.97. The summed E-state index contributed by atoms with van der Waals surface area (Å²) in [5, 5.41) is 9.23. The lowest BCUT2D eigenvalue weighted by molar-refractivity contribution is -0.175. The molecule has 1 aliphatic heterocycles. The van der Waals surface area contributed by atoms with Crippen molar-refractivity contribution in [3.63, 3.8) is 0 Å². The number of ether oxygens (including phenoxy) is 1. The molecule has 0 radical (unpaired) electrons. The van der Waals surface area contributed by atoms with Crippen LogP contribution in [0.1, 0.15) is 39.5 Å². The van der Waals surface area contributed by atoms with E-state index in [0.717, 1.165) is 19.3 Å². The molecule has 0 amide bonds. The number of aliphatic carboxylic acids is 1. The zero-order chi connectivity index (χ0) is 11.3. The third kappa shape index (κ3) is 1.20. The van der Waals surface area contributed by atoms with Crippen LogP contribution in [-0.2, 0) is 14.3 Å². The average molecular weight is 212 g/mol. The van der Waals surface area contributed by atoms with E-state index >= 15 is 0 Å². The van der Waals surface area contributed by atoms with Gasteiger partial charge in [0.2, 0.25) is 5.60 Å². The molecule has 0 aromatic rings. The summed E-state index contributed by atoms with van der Waals surface area (Å²) in [6.07, 6.45) is 2.93. The van der Waals surface area contributed by atoms with Crippen LogP contribution in [0.3, 0.4) is 0 Å². The second-order valence-electron chi connectivity index (χ2n) is 5.05. The average Bonchev–Trinajstić information content (AvgIpc) is 2.39. The minimum absolute atomic E-state index is 0.182. The molecule has 1 unspecified atom stereocenters. The van der Waals surface area contributed by atoms with Gasteiger partial charge in [0.15, 0.2) is 0 Å².